The average molecular weight is 371 g/mol. The molecule has 0 aromatic heterocycles. The quantitative estimate of drug-likeness (QED) is 0.369. The summed E-state index contributed by atoms with van der Waals surface area (Å²) in [7, 11) is 0. The number of hydrogen-bond acceptors (Lipinski definition) is 3. The van der Waals surface area contributed by atoms with E-state index in [0.717, 1.165) is 36.3 Å². The molecule has 0 fully saturated rings. The molecule has 0 bridgehead atoms. The van der Waals surface area contributed by atoms with Crippen molar-refractivity contribution in [3.8, 4) is 5.75 Å². The summed E-state index contributed by atoms with van der Waals surface area (Å²) >= 11 is 5.89. The summed E-state index contributed by atoms with van der Waals surface area (Å²) in [4.78, 5) is 0. The molecule has 0 saturated heterocycles. The van der Waals surface area contributed by atoms with Crippen molar-refractivity contribution in [2.75, 3.05) is 12.0 Å². The normalized spacial score (nSPS) is 11.7. The van der Waals surface area contributed by atoms with Crippen LogP contribution in [0.2, 0.25) is 5.02 Å². The second kappa shape index (κ2) is 8.76. The van der Waals surface area contributed by atoms with Gasteiger partial charge in [0.2, 0.25) is 0 Å². The highest BCUT2D eigenvalue weighted by molar-refractivity contribution is 6.33. The Labute approximate surface area is 149 Å². The molecule has 2 aromatic rings. The molecule has 0 radical (unpaired) electrons. The van der Waals surface area contributed by atoms with Crippen LogP contribution in [0.1, 0.15) is 30.9 Å². The van der Waals surface area contributed by atoms with E-state index in [-0.39, 0.29) is 10.7 Å². The van der Waals surface area contributed by atoms with Crippen molar-refractivity contribution < 1.29 is 17.9 Å². The van der Waals surface area contributed by atoms with E-state index in [9.17, 15) is 13.2 Å². The average Bonchev–Trinajstić information content (AvgIpc) is 2.57. The summed E-state index contributed by atoms with van der Waals surface area (Å²) in [5.41, 5.74) is 2.61. The van der Waals surface area contributed by atoms with Crippen LogP contribution in [0.25, 0.3) is 0 Å². The van der Waals surface area contributed by atoms with Gasteiger partial charge in [-0.2, -0.15) is 18.3 Å². The predicted octanol–water partition coefficient (Wildman–Crippen LogP) is 5.98. The minimum atomic E-state index is -4.43. The van der Waals surface area contributed by atoms with Crippen molar-refractivity contribution in [2.24, 2.45) is 5.10 Å². The Morgan fingerprint density at radius 3 is 2.52 bits per heavy atom. The molecular weight excluding hydrogens is 353 g/mol. The number of unbranched alkanes of at least 4 members (excludes halogenated alkanes) is 1. The fourth-order valence-corrected chi connectivity index (χ4v) is 2.11. The molecule has 1 N–H and O–H groups in total. The molecular formula is C18H18ClF3N2O. The van der Waals surface area contributed by atoms with Crippen LogP contribution >= 0.6 is 11.6 Å². The number of benzene rings is 2. The molecule has 3 nitrogen and oxygen atoms in total. The number of rotatable bonds is 7. The summed E-state index contributed by atoms with van der Waals surface area (Å²) in [5, 5.41) is 4.09. The molecule has 0 amide bonds. The van der Waals surface area contributed by atoms with E-state index in [2.05, 4.69) is 17.5 Å². The third kappa shape index (κ3) is 5.98. The van der Waals surface area contributed by atoms with Gasteiger partial charge in [0.05, 0.1) is 29.1 Å². The first-order chi connectivity index (χ1) is 11.9. The summed E-state index contributed by atoms with van der Waals surface area (Å²) in [5.74, 6) is 0.763. The van der Waals surface area contributed by atoms with E-state index < -0.39 is 11.7 Å². The molecule has 7 heteroatoms. The van der Waals surface area contributed by atoms with Crippen LogP contribution in [-0.4, -0.2) is 12.8 Å². The molecule has 0 spiro atoms. The van der Waals surface area contributed by atoms with Crippen LogP contribution in [0.5, 0.6) is 5.75 Å². The van der Waals surface area contributed by atoms with Crippen molar-refractivity contribution in [1.82, 2.24) is 0 Å². The number of hydrogen-bond donors (Lipinski definition) is 1. The Morgan fingerprint density at radius 1 is 1.16 bits per heavy atom. The maximum atomic E-state index is 12.7. The van der Waals surface area contributed by atoms with E-state index >= 15 is 0 Å². The first-order valence-electron chi connectivity index (χ1n) is 7.79. The molecule has 0 aliphatic carbocycles. The van der Waals surface area contributed by atoms with Crippen molar-refractivity contribution >= 4 is 23.5 Å². The summed E-state index contributed by atoms with van der Waals surface area (Å²) in [6, 6.07) is 10.3. The maximum absolute atomic E-state index is 12.7. The van der Waals surface area contributed by atoms with Gasteiger partial charge in [-0.1, -0.05) is 24.9 Å². The molecule has 0 aliphatic rings. The molecule has 0 saturated carbocycles. The van der Waals surface area contributed by atoms with Crippen LogP contribution in [-0.2, 0) is 6.18 Å². The van der Waals surface area contributed by atoms with Crippen LogP contribution in [0.4, 0.5) is 18.9 Å². The SMILES string of the molecule is CCCCOc1ccc(C=NNc2cc(C(F)(F)F)ccc2Cl)cc1. The van der Waals surface area contributed by atoms with Crippen LogP contribution in [0.3, 0.4) is 0 Å². The van der Waals surface area contributed by atoms with E-state index in [0.29, 0.717) is 6.61 Å². The number of alkyl halides is 3. The zero-order valence-electron chi connectivity index (χ0n) is 13.6. The lowest BCUT2D eigenvalue weighted by Crippen LogP contribution is -2.05. The second-order valence-corrected chi connectivity index (χ2v) is 5.74. The van der Waals surface area contributed by atoms with Crippen molar-refractivity contribution in [1.29, 1.82) is 0 Å². The van der Waals surface area contributed by atoms with Crippen molar-refractivity contribution in [3.05, 3.63) is 58.6 Å². The number of hydrazone groups is 1. The number of anilines is 1. The highest BCUT2D eigenvalue weighted by Crippen LogP contribution is 2.33. The summed E-state index contributed by atoms with van der Waals surface area (Å²) in [6.45, 7) is 2.76. The van der Waals surface area contributed by atoms with E-state index in [4.69, 9.17) is 16.3 Å². The molecule has 25 heavy (non-hydrogen) atoms. The Kier molecular flexibility index (Phi) is 6.70. The Balaban J connectivity index is 1.99. The zero-order chi connectivity index (χ0) is 18.3. The van der Waals surface area contributed by atoms with Gasteiger partial charge < -0.3 is 4.74 Å². The van der Waals surface area contributed by atoms with Crippen molar-refractivity contribution in [3.63, 3.8) is 0 Å². The molecule has 134 valence electrons. The molecule has 0 heterocycles. The monoisotopic (exact) mass is 370 g/mol. The fraction of sp³-hybridized carbons (Fsp3) is 0.278. The predicted molar refractivity (Wildman–Crippen MR) is 94.5 cm³/mol. The van der Waals surface area contributed by atoms with Crippen LogP contribution in [0, 0.1) is 0 Å². The van der Waals surface area contributed by atoms with Gasteiger partial charge in [0, 0.05) is 0 Å². The van der Waals surface area contributed by atoms with Gasteiger partial charge in [0.1, 0.15) is 5.75 Å². The molecule has 0 unspecified atom stereocenters. The minimum Gasteiger partial charge on any atom is -0.494 e. The first-order valence-corrected chi connectivity index (χ1v) is 8.16. The number of nitrogens with one attached hydrogen (secondary N) is 1. The third-order valence-corrected chi connectivity index (χ3v) is 3.67. The first kappa shape index (κ1) is 19.1. The topological polar surface area (TPSA) is 33.6 Å². The van der Waals surface area contributed by atoms with Gasteiger partial charge in [0.25, 0.3) is 0 Å². The number of halogens is 4. The highest BCUT2D eigenvalue weighted by atomic mass is 35.5. The molecule has 2 aromatic carbocycles. The summed E-state index contributed by atoms with van der Waals surface area (Å²) < 4.78 is 43.7. The molecule has 0 aliphatic heterocycles. The number of ether oxygens (including phenoxy) is 1. The van der Waals surface area contributed by atoms with Crippen molar-refractivity contribution in [2.45, 2.75) is 25.9 Å². The van der Waals surface area contributed by atoms with Crippen LogP contribution in [0.15, 0.2) is 47.6 Å². The maximum Gasteiger partial charge on any atom is 0.416 e. The van der Waals surface area contributed by atoms with Gasteiger partial charge in [-0.15, -0.1) is 0 Å². The zero-order valence-corrected chi connectivity index (χ0v) is 14.4. The molecule has 0 atom stereocenters. The number of nitrogens with zero attached hydrogens (tertiary/aromatic N) is 1. The molecule has 2 rings (SSSR count). The van der Waals surface area contributed by atoms with E-state index in [1.807, 2.05) is 12.1 Å². The Hall–Kier alpha value is -2.21. The van der Waals surface area contributed by atoms with Gasteiger partial charge in [-0.25, -0.2) is 0 Å². The lowest BCUT2D eigenvalue weighted by molar-refractivity contribution is -0.137. The standard InChI is InChI=1S/C18H18ClF3N2O/c1-2-3-10-25-15-7-4-13(5-8-15)12-23-24-17-11-14(18(20,21)22)6-9-16(17)19/h4-9,11-12,24H,2-3,10H2,1H3. The Bertz CT molecular complexity index is 715. The van der Waals surface area contributed by atoms with Gasteiger partial charge in [-0.05, 0) is 54.4 Å². The highest BCUT2D eigenvalue weighted by Gasteiger charge is 2.30. The summed E-state index contributed by atoms with van der Waals surface area (Å²) in [6.07, 6.45) is -0.885. The van der Waals surface area contributed by atoms with E-state index in [1.165, 1.54) is 12.3 Å². The van der Waals surface area contributed by atoms with Crippen LogP contribution < -0.4 is 10.2 Å². The lowest BCUT2D eigenvalue weighted by atomic mass is 10.2. The van der Waals surface area contributed by atoms with Gasteiger partial charge >= 0.3 is 6.18 Å². The van der Waals surface area contributed by atoms with Gasteiger partial charge in [0.15, 0.2) is 0 Å². The fourth-order valence-electron chi connectivity index (χ4n) is 1.95. The lowest BCUT2D eigenvalue weighted by Gasteiger charge is -2.09. The second-order valence-electron chi connectivity index (χ2n) is 5.33. The third-order valence-electron chi connectivity index (χ3n) is 3.34. The van der Waals surface area contributed by atoms with E-state index in [1.54, 1.807) is 12.1 Å². The largest absolute Gasteiger partial charge is 0.494 e. The Morgan fingerprint density at radius 2 is 1.88 bits per heavy atom. The van der Waals surface area contributed by atoms with Gasteiger partial charge in [-0.3, -0.25) is 5.43 Å². The smallest absolute Gasteiger partial charge is 0.416 e. The minimum absolute atomic E-state index is 0.0901.